The molecule has 29 heavy (non-hydrogen) atoms. The quantitative estimate of drug-likeness (QED) is 0.398. The number of cyclic esters (lactones) is 1. The van der Waals surface area contributed by atoms with Crippen molar-refractivity contribution in [2.75, 3.05) is 32.6 Å². The van der Waals surface area contributed by atoms with Crippen LogP contribution in [-0.4, -0.2) is 76.9 Å². The number of hydrogen-bond donors (Lipinski definition) is 2. The van der Waals surface area contributed by atoms with Crippen molar-refractivity contribution in [3.8, 4) is 0 Å². The van der Waals surface area contributed by atoms with Gasteiger partial charge in [-0.25, -0.2) is 14.6 Å². The Kier molecular flexibility index (Phi) is 7.55. The van der Waals surface area contributed by atoms with E-state index in [2.05, 4.69) is 4.98 Å². The third-order valence-corrected chi connectivity index (χ3v) is 7.57. The summed E-state index contributed by atoms with van der Waals surface area (Å²) in [5, 5.41) is 21.1. The molecule has 1 aromatic heterocycles. The summed E-state index contributed by atoms with van der Waals surface area (Å²) in [6.07, 6.45) is 6.61. The van der Waals surface area contributed by atoms with Gasteiger partial charge in [0.25, 0.3) is 0 Å². The summed E-state index contributed by atoms with van der Waals surface area (Å²) in [7, 11) is 1.67. The molecule has 1 saturated carbocycles. The maximum absolute atomic E-state index is 12.1. The molecule has 1 amide bonds. The van der Waals surface area contributed by atoms with E-state index in [4.69, 9.17) is 14.6 Å². The highest BCUT2D eigenvalue weighted by molar-refractivity contribution is 8.01. The van der Waals surface area contributed by atoms with E-state index in [1.165, 1.54) is 28.5 Å². The van der Waals surface area contributed by atoms with Crippen molar-refractivity contribution >= 4 is 35.2 Å². The largest absolute Gasteiger partial charge is 0.476 e. The number of carbonyl (C=O) groups excluding carboxylic acids is 1. The lowest BCUT2D eigenvalue weighted by Gasteiger charge is -2.44. The van der Waals surface area contributed by atoms with Gasteiger partial charge in [0, 0.05) is 36.8 Å². The second-order valence-corrected chi connectivity index (χ2v) is 9.48. The van der Waals surface area contributed by atoms with E-state index >= 15 is 0 Å². The van der Waals surface area contributed by atoms with Crippen LogP contribution >= 0.6 is 23.1 Å². The van der Waals surface area contributed by atoms with Crippen LogP contribution < -0.4 is 0 Å². The van der Waals surface area contributed by atoms with Crippen LogP contribution in [0.2, 0.25) is 0 Å². The number of aromatic carboxylic acids is 1. The van der Waals surface area contributed by atoms with Crippen LogP contribution in [0.3, 0.4) is 0 Å². The van der Waals surface area contributed by atoms with Gasteiger partial charge in [-0.05, 0) is 19.3 Å². The van der Waals surface area contributed by atoms with E-state index in [1.54, 1.807) is 18.1 Å². The SMILES string of the molecule is COCCC1([C@H](O)C=C[C@H]2COC(=O)N2CCSc2nc(C(=O)O)cs2)CCC1. The molecule has 2 fully saturated rings. The summed E-state index contributed by atoms with van der Waals surface area (Å²) in [6.45, 7) is 1.34. The Balaban J connectivity index is 1.52. The maximum Gasteiger partial charge on any atom is 0.410 e. The average molecular weight is 443 g/mol. The molecule has 2 N–H and O–H groups in total. The number of carboxylic acids is 1. The Morgan fingerprint density at radius 2 is 2.38 bits per heavy atom. The number of thioether (sulfide) groups is 1. The molecule has 0 unspecified atom stereocenters. The fraction of sp³-hybridized carbons (Fsp3) is 0.632. The zero-order chi connectivity index (χ0) is 20.9. The summed E-state index contributed by atoms with van der Waals surface area (Å²) in [5.74, 6) is -0.471. The third-order valence-electron chi connectivity index (χ3n) is 5.57. The number of amides is 1. The van der Waals surface area contributed by atoms with E-state index in [9.17, 15) is 14.7 Å². The van der Waals surface area contributed by atoms with Gasteiger partial charge < -0.3 is 19.7 Å². The number of aromatic nitrogens is 1. The molecule has 2 heterocycles. The van der Waals surface area contributed by atoms with Gasteiger partial charge in [-0.2, -0.15) is 0 Å². The molecule has 1 aromatic rings. The number of hydrogen-bond acceptors (Lipinski definition) is 8. The highest BCUT2D eigenvalue weighted by atomic mass is 32.2. The lowest BCUT2D eigenvalue weighted by molar-refractivity contribution is -0.0285. The maximum atomic E-state index is 12.1. The van der Waals surface area contributed by atoms with Crippen molar-refractivity contribution < 1.29 is 29.3 Å². The topological polar surface area (TPSA) is 109 Å². The number of carboxylic acid groups (broad SMARTS) is 1. The molecule has 1 aliphatic heterocycles. The summed E-state index contributed by atoms with van der Waals surface area (Å²) >= 11 is 2.68. The van der Waals surface area contributed by atoms with Gasteiger partial charge in [0.2, 0.25) is 0 Å². The van der Waals surface area contributed by atoms with E-state index in [-0.39, 0.29) is 29.9 Å². The van der Waals surface area contributed by atoms with Crippen LogP contribution in [0.25, 0.3) is 0 Å². The third kappa shape index (κ3) is 5.30. The van der Waals surface area contributed by atoms with Gasteiger partial charge in [-0.15, -0.1) is 11.3 Å². The Bertz CT molecular complexity index is 749. The molecule has 3 rings (SSSR count). The normalized spacial score (nSPS) is 21.9. The standard InChI is InChI=1S/C19H26N2O6S2/c1-26-9-7-19(5-2-6-19)15(22)4-3-13-11-27-18(25)21(13)8-10-28-17-20-14(12-29-17)16(23)24/h3-4,12-13,15,22H,2,5-11H2,1H3,(H,23,24)/t13-,15+/m0/s1. The van der Waals surface area contributed by atoms with Crippen LogP contribution in [0.15, 0.2) is 21.9 Å². The van der Waals surface area contributed by atoms with Crippen LogP contribution in [-0.2, 0) is 9.47 Å². The smallest absolute Gasteiger partial charge is 0.410 e. The molecule has 0 radical (unpaired) electrons. The first-order chi connectivity index (χ1) is 13.9. The fourth-order valence-corrected chi connectivity index (χ4v) is 5.41. The monoisotopic (exact) mass is 442 g/mol. The fourth-order valence-electron chi connectivity index (χ4n) is 3.60. The first-order valence-corrected chi connectivity index (χ1v) is 11.4. The lowest BCUT2D eigenvalue weighted by Crippen LogP contribution is -2.41. The Morgan fingerprint density at radius 3 is 3.00 bits per heavy atom. The Hall–Kier alpha value is -1.62. The molecular formula is C19H26N2O6S2. The molecular weight excluding hydrogens is 416 g/mol. The molecule has 10 heteroatoms. The van der Waals surface area contributed by atoms with Crippen molar-refractivity contribution in [2.45, 2.75) is 42.2 Å². The number of carbonyl (C=O) groups is 2. The van der Waals surface area contributed by atoms with Gasteiger partial charge in [0.1, 0.15) is 6.61 Å². The van der Waals surface area contributed by atoms with Crippen molar-refractivity contribution in [3.63, 3.8) is 0 Å². The van der Waals surface area contributed by atoms with E-state index in [0.29, 0.717) is 23.2 Å². The van der Waals surface area contributed by atoms with Crippen LogP contribution in [0.1, 0.15) is 36.2 Å². The van der Waals surface area contributed by atoms with Gasteiger partial charge in [-0.1, -0.05) is 30.3 Å². The molecule has 1 saturated heterocycles. The number of rotatable bonds is 11. The molecule has 2 atom stereocenters. The van der Waals surface area contributed by atoms with Crippen LogP contribution in [0, 0.1) is 5.41 Å². The minimum atomic E-state index is -1.05. The molecule has 1 aliphatic carbocycles. The van der Waals surface area contributed by atoms with Gasteiger partial charge in [0.15, 0.2) is 10.0 Å². The first kappa shape index (κ1) is 22.1. The summed E-state index contributed by atoms with van der Waals surface area (Å²) in [4.78, 5) is 28.6. The van der Waals surface area contributed by atoms with E-state index < -0.39 is 12.1 Å². The summed E-state index contributed by atoms with van der Waals surface area (Å²) < 4.78 is 11.0. The first-order valence-electron chi connectivity index (χ1n) is 9.55. The number of thiazole rings is 1. The Morgan fingerprint density at radius 1 is 1.59 bits per heavy atom. The predicted octanol–water partition coefficient (Wildman–Crippen LogP) is 2.88. The zero-order valence-electron chi connectivity index (χ0n) is 16.3. The number of aliphatic hydroxyl groups is 1. The van der Waals surface area contributed by atoms with Gasteiger partial charge in [-0.3, -0.25) is 4.90 Å². The van der Waals surface area contributed by atoms with Gasteiger partial charge >= 0.3 is 12.1 Å². The second-order valence-electron chi connectivity index (χ2n) is 7.28. The number of methoxy groups -OCH3 is 1. The molecule has 0 spiro atoms. The van der Waals surface area contributed by atoms with Crippen molar-refractivity contribution in [2.24, 2.45) is 5.41 Å². The number of nitrogens with zero attached hydrogens (tertiary/aromatic N) is 2. The lowest BCUT2D eigenvalue weighted by atomic mass is 9.63. The molecule has 0 bridgehead atoms. The van der Waals surface area contributed by atoms with Gasteiger partial charge in [0.05, 0.1) is 12.1 Å². The second kappa shape index (κ2) is 9.92. The Labute approximate surface area is 177 Å². The van der Waals surface area contributed by atoms with Crippen molar-refractivity contribution in [1.82, 2.24) is 9.88 Å². The summed E-state index contributed by atoms with van der Waals surface area (Å²) in [6, 6.07) is -0.219. The van der Waals surface area contributed by atoms with Crippen LogP contribution in [0.4, 0.5) is 4.79 Å². The minimum absolute atomic E-state index is 0.0336. The molecule has 160 valence electrons. The van der Waals surface area contributed by atoms with E-state index in [0.717, 1.165) is 25.7 Å². The highest BCUT2D eigenvalue weighted by Gasteiger charge is 2.42. The average Bonchev–Trinajstić information content (AvgIpc) is 3.27. The molecule has 8 nitrogen and oxygen atoms in total. The predicted molar refractivity (Wildman–Crippen MR) is 110 cm³/mol. The number of ether oxygens (including phenoxy) is 2. The van der Waals surface area contributed by atoms with Crippen LogP contribution in [0.5, 0.6) is 0 Å². The van der Waals surface area contributed by atoms with E-state index in [1.807, 2.05) is 6.08 Å². The van der Waals surface area contributed by atoms with Crippen molar-refractivity contribution in [1.29, 1.82) is 0 Å². The number of aliphatic hydroxyl groups excluding tert-OH is 1. The molecule has 0 aromatic carbocycles. The zero-order valence-corrected chi connectivity index (χ0v) is 17.9. The minimum Gasteiger partial charge on any atom is -0.476 e. The van der Waals surface area contributed by atoms with Crippen molar-refractivity contribution in [3.05, 3.63) is 23.2 Å². The summed E-state index contributed by atoms with van der Waals surface area (Å²) in [5.41, 5.74) is -0.0881. The molecule has 2 aliphatic rings. The highest BCUT2D eigenvalue weighted by Crippen LogP contribution is 2.47.